The van der Waals surface area contributed by atoms with Crippen LogP contribution in [0.4, 0.5) is 0 Å². The van der Waals surface area contributed by atoms with E-state index in [1.807, 2.05) is 18.3 Å². The van der Waals surface area contributed by atoms with Gasteiger partial charge in [-0.3, -0.25) is 0 Å². The average Bonchev–Trinajstić information content (AvgIpc) is 2.60. The van der Waals surface area contributed by atoms with Crippen LogP contribution in [0.15, 0.2) is 24.7 Å². The van der Waals surface area contributed by atoms with Gasteiger partial charge in [-0.25, -0.2) is 9.50 Å². The summed E-state index contributed by atoms with van der Waals surface area (Å²) in [6, 6.07) is 3.92. The Bertz CT molecular complexity index is 540. The number of pyridine rings is 1. The monoisotopic (exact) mass is 215 g/mol. The molecule has 15 heavy (non-hydrogen) atoms. The first-order valence-electron chi connectivity index (χ1n) is 4.87. The van der Waals surface area contributed by atoms with Crippen LogP contribution < -0.4 is 0 Å². The number of aromatic nitrogens is 3. The van der Waals surface area contributed by atoms with Crippen molar-refractivity contribution in [2.24, 2.45) is 0 Å². The molecule has 0 aliphatic carbocycles. The molecule has 0 aromatic carbocycles. The number of rotatable bonds is 0. The highest BCUT2D eigenvalue weighted by Crippen LogP contribution is 2.03. The van der Waals surface area contributed by atoms with Crippen molar-refractivity contribution in [2.45, 2.75) is 19.6 Å². The van der Waals surface area contributed by atoms with Gasteiger partial charge in [0.05, 0.1) is 0 Å². The van der Waals surface area contributed by atoms with Crippen LogP contribution in [0.1, 0.15) is 5.56 Å². The summed E-state index contributed by atoms with van der Waals surface area (Å²) >= 11 is 0. The van der Waals surface area contributed by atoms with Gasteiger partial charge in [-0.2, -0.15) is 5.10 Å². The highest BCUT2D eigenvalue weighted by Gasteiger charge is 2.07. The molecule has 2 aromatic rings. The molecule has 0 saturated heterocycles. The lowest BCUT2D eigenvalue weighted by atomic mass is 10.3. The summed E-state index contributed by atoms with van der Waals surface area (Å²) in [5.41, 5.74) is 5.17. The van der Waals surface area contributed by atoms with Gasteiger partial charge in [-0.15, -0.1) is 5.54 Å². The van der Waals surface area contributed by atoms with Gasteiger partial charge in [0, 0.05) is 11.8 Å². The van der Waals surface area contributed by atoms with Crippen molar-refractivity contribution in [1.29, 1.82) is 0 Å². The predicted molar refractivity (Wildman–Crippen MR) is 63.2 cm³/mol. The molecule has 0 unspecified atom stereocenters. The van der Waals surface area contributed by atoms with E-state index in [2.05, 4.69) is 41.2 Å². The Morgan fingerprint density at radius 1 is 1.27 bits per heavy atom. The molecule has 2 heterocycles. The van der Waals surface area contributed by atoms with Crippen LogP contribution in [-0.4, -0.2) is 22.7 Å². The van der Waals surface area contributed by atoms with Gasteiger partial charge in [0.1, 0.15) is 14.4 Å². The van der Waals surface area contributed by atoms with Crippen LogP contribution in [0.5, 0.6) is 0 Å². The average molecular weight is 215 g/mol. The lowest BCUT2D eigenvalue weighted by molar-refractivity contribution is 0.958. The fraction of sp³-hybridized carbons (Fsp3) is 0.273. The minimum Gasteiger partial charge on any atom is -0.220 e. The molecule has 0 spiro atoms. The lowest BCUT2D eigenvalue weighted by Crippen LogP contribution is -2.16. The quantitative estimate of drug-likeness (QED) is 0.497. The van der Waals surface area contributed by atoms with Gasteiger partial charge in [0.15, 0.2) is 5.65 Å². The van der Waals surface area contributed by atoms with E-state index in [1.54, 1.807) is 10.8 Å². The fourth-order valence-electron chi connectivity index (χ4n) is 1.15. The smallest absolute Gasteiger partial charge is 0.155 e. The lowest BCUT2D eigenvalue weighted by Gasteiger charge is -2.03. The van der Waals surface area contributed by atoms with E-state index in [0.29, 0.717) is 0 Å². The molecular formula is C11H13N3Si. The molecule has 76 valence electrons. The van der Waals surface area contributed by atoms with Crippen molar-refractivity contribution in [3.05, 3.63) is 30.2 Å². The van der Waals surface area contributed by atoms with Crippen LogP contribution in [-0.2, 0) is 0 Å². The number of hydrogen-bond acceptors (Lipinski definition) is 2. The summed E-state index contributed by atoms with van der Waals surface area (Å²) in [5.74, 6) is 3.19. The minimum atomic E-state index is -1.30. The first-order valence-corrected chi connectivity index (χ1v) is 8.37. The Morgan fingerprint density at radius 2 is 2.07 bits per heavy atom. The van der Waals surface area contributed by atoms with Crippen LogP contribution in [0.2, 0.25) is 19.6 Å². The van der Waals surface area contributed by atoms with Gasteiger partial charge in [0.25, 0.3) is 0 Å². The third kappa shape index (κ3) is 2.45. The molecule has 2 rings (SSSR count). The molecule has 0 atom stereocenters. The first kappa shape index (κ1) is 9.93. The van der Waals surface area contributed by atoms with E-state index in [1.165, 1.54) is 0 Å². The van der Waals surface area contributed by atoms with Gasteiger partial charge < -0.3 is 0 Å². The van der Waals surface area contributed by atoms with Crippen molar-refractivity contribution in [3.63, 3.8) is 0 Å². The Kier molecular flexibility index (Phi) is 2.33. The predicted octanol–water partition coefficient (Wildman–Crippen LogP) is 1.96. The first-order chi connectivity index (χ1) is 7.04. The van der Waals surface area contributed by atoms with E-state index < -0.39 is 8.07 Å². The highest BCUT2D eigenvalue weighted by atomic mass is 28.3. The van der Waals surface area contributed by atoms with Gasteiger partial charge in [0.2, 0.25) is 0 Å². The Labute approximate surface area is 90.2 Å². The van der Waals surface area contributed by atoms with E-state index in [4.69, 9.17) is 0 Å². The molecular weight excluding hydrogens is 202 g/mol. The molecule has 0 aliphatic rings. The SMILES string of the molecule is C[Si](C)(C)C#Cc1ccc2ncnn2c1. The fourth-order valence-corrected chi connectivity index (χ4v) is 1.67. The summed E-state index contributed by atoms with van der Waals surface area (Å²) < 4.78 is 1.74. The second kappa shape index (κ2) is 3.52. The van der Waals surface area contributed by atoms with Gasteiger partial charge in [-0.05, 0) is 12.1 Å². The molecule has 0 fully saturated rings. The Balaban J connectivity index is 2.39. The second-order valence-corrected chi connectivity index (χ2v) is 9.23. The maximum Gasteiger partial charge on any atom is 0.155 e. The molecule has 0 radical (unpaired) electrons. The van der Waals surface area contributed by atoms with Crippen molar-refractivity contribution >= 4 is 13.7 Å². The van der Waals surface area contributed by atoms with Gasteiger partial charge in [-0.1, -0.05) is 25.6 Å². The second-order valence-electron chi connectivity index (χ2n) is 4.48. The van der Waals surface area contributed by atoms with E-state index >= 15 is 0 Å². The topological polar surface area (TPSA) is 30.2 Å². The summed E-state index contributed by atoms with van der Waals surface area (Å²) in [6.07, 6.45) is 3.46. The normalized spacial score (nSPS) is 11.1. The van der Waals surface area contributed by atoms with Gasteiger partial charge >= 0.3 is 0 Å². The molecule has 0 aliphatic heterocycles. The maximum absolute atomic E-state index is 4.08. The number of hydrogen-bond donors (Lipinski definition) is 0. The zero-order valence-electron chi connectivity index (χ0n) is 9.15. The van der Waals surface area contributed by atoms with Crippen molar-refractivity contribution < 1.29 is 0 Å². The van der Waals surface area contributed by atoms with E-state index in [9.17, 15) is 0 Å². The Hall–Kier alpha value is -1.60. The van der Waals surface area contributed by atoms with Crippen LogP contribution in [0.25, 0.3) is 5.65 Å². The molecule has 0 N–H and O–H groups in total. The van der Waals surface area contributed by atoms with Crippen LogP contribution >= 0.6 is 0 Å². The zero-order valence-corrected chi connectivity index (χ0v) is 10.2. The zero-order chi connectivity index (χ0) is 10.9. The third-order valence-electron chi connectivity index (χ3n) is 1.86. The maximum atomic E-state index is 4.08. The standard InChI is InChI=1S/C11H13N3Si/c1-15(2,3)7-6-10-4-5-11-12-9-13-14(11)8-10/h4-5,8-9H,1-3H3. The summed E-state index contributed by atoms with van der Waals surface area (Å²) in [7, 11) is -1.30. The number of nitrogens with zero attached hydrogens (tertiary/aromatic N) is 3. The van der Waals surface area contributed by atoms with Crippen LogP contribution in [0, 0.1) is 11.5 Å². The number of fused-ring (bicyclic) bond motifs is 1. The van der Waals surface area contributed by atoms with Crippen molar-refractivity contribution in [3.8, 4) is 11.5 Å². The van der Waals surface area contributed by atoms with Crippen LogP contribution in [0.3, 0.4) is 0 Å². The van der Waals surface area contributed by atoms with Crippen molar-refractivity contribution in [1.82, 2.24) is 14.6 Å². The van der Waals surface area contributed by atoms with Crippen molar-refractivity contribution in [2.75, 3.05) is 0 Å². The molecule has 2 aromatic heterocycles. The molecule has 0 amide bonds. The van der Waals surface area contributed by atoms with E-state index in [0.717, 1.165) is 11.2 Å². The van der Waals surface area contributed by atoms with E-state index in [-0.39, 0.29) is 0 Å². The highest BCUT2D eigenvalue weighted by molar-refractivity contribution is 6.83. The summed E-state index contributed by atoms with van der Waals surface area (Å²) in [6.45, 7) is 6.69. The minimum absolute atomic E-state index is 0.855. The summed E-state index contributed by atoms with van der Waals surface area (Å²) in [5, 5.41) is 4.07. The molecule has 4 heteroatoms. The summed E-state index contributed by atoms with van der Waals surface area (Å²) in [4.78, 5) is 4.08. The Morgan fingerprint density at radius 3 is 2.80 bits per heavy atom. The molecule has 0 bridgehead atoms. The molecule has 3 nitrogen and oxygen atoms in total. The molecule has 0 saturated carbocycles. The third-order valence-corrected chi connectivity index (χ3v) is 2.73. The largest absolute Gasteiger partial charge is 0.220 e.